The van der Waals surface area contributed by atoms with Crippen LogP contribution in [0.2, 0.25) is 0 Å². The summed E-state index contributed by atoms with van der Waals surface area (Å²) in [5.41, 5.74) is 0.966. The fourth-order valence-corrected chi connectivity index (χ4v) is 4.60. The molecule has 0 bridgehead atoms. The number of benzene rings is 2. The Kier molecular flexibility index (Phi) is 5.42. The first-order valence-corrected chi connectivity index (χ1v) is 10.5. The molecule has 2 N–H and O–H groups in total. The molecule has 1 aliphatic carbocycles. The van der Waals surface area contributed by atoms with Crippen LogP contribution in [-0.2, 0) is 16.4 Å². The molecule has 0 aliphatic heterocycles. The minimum atomic E-state index is -4.85. The highest BCUT2D eigenvalue weighted by Gasteiger charge is 2.57. The molecule has 2 aromatic rings. The van der Waals surface area contributed by atoms with Gasteiger partial charge in [0.05, 0.1) is 4.90 Å². The molecular weight excluding hydrogens is 410 g/mol. The highest BCUT2D eigenvalue weighted by molar-refractivity contribution is 7.89. The first-order chi connectivity index (χ1) is 13.3. The molecule has 0 heterocycles. The molecule has 29 heavy (non-hydrogen) atoms. The van der Waals surface area contributed by atoms with Crippen LogP contribution < -0.4 is 9.88 Å². The maximum absolute atomic E-state index is 13.6. The van der Waals surface area contributed by atoms with Gasteiger partial charge in [-0.1, -0.05) is 26.0 Å². The molecule has 1 saturated carbocycles. The lowest BCUT2D eigenvalue weighted by molar-refractivity contribution is -0.274. The van der Waals surface area contributed by atoms with E-state index < -0.39 is 28.0 Å². The van der Waals surface area contributed by atoms with E-state index in [1.54, 1.807) is 12.1 Å². The molecule has 0 unspecified atom stereocenters. The summed E-state index contributed by atoms with van der Waals surface area (Å²) in [4.78, 5) is 0.0185. The fourth-order valence-electron chi connectivity index (χ4n) is 4.09. The quantitative estimate of drug-likeness (QED) is 0.672. The number of rotatable bonds is 6. The molecule has 0 saturated heterocycles. The molecule has 0 radical (unpaired) electrons. The van der Waals surface area contributed by atoms with Gasteiger partial charge in [-0.25, -0.2) is 17.9 Å². The molecule has 1 fully saturated rings. The van der Waals surface area contributed by atoms with Gasteiger partial charge in [0.25, 0.3) is 0 Å². The van der Waals surface area contributed by atoms with E-state index in [0.29, 0.717) is 6.42 Å². The molecule has 2 atom stereocenters. The second-order valence-electron chi connectivity index (χ2n) is 7.86. The van der Waals surface area contributed by atoms with Gasteiger partial charge in [-0.05, 0) is 71.6 Å². The van der Waals surface area contributed by atoms with Gasteiger partial charge in [-0.3, -0.25) is 0 Å². The fraction of sp³-hybridized carbons (Fsp3) is 0.400. The van der Waals surface area contributed by atoms with Crippen LogP contribution >= 0.6 is 0 Å². The first-order valence-electron chi connectivity index (χ1n) is 8.96. The van der Waals surface area contributed by atoms with E-state index in [1.807, 2.05) is 13.8 Å². The van der Waals surface area contributed by atoms with Crippen molar-refractivity contribution < 1.29 is 30.7 Å². The van der Waals surface area contributed by atoms with Gasteiger partial charge in [-0.2, -0.15) is 0 Å². The number of hydrogen-bond acceptors (Lipinski definition) is 3. The lowest BCUT2D eigenvalue weighted by atomic mass is 10.0. The summed E-state index contributed by atoms with van der Waals surface area (Å²) in [5.74, 6) is -0.770. The number of halogens is 4. The molecule has 2 aromatic carbocycles. The van der Waals surface area contributed by atoms with Gasteiger partial charge >= 0.3 is 6.36 Å². The van der Waals surface area contributed by atoms with Crippen LogP contribution in [0.3, 0.4) is 0 Å². The lowest BCUT2D eigenvalue weighted by Gasteiger charge is -2.13. The van der Waals surface area contributed by atoms with Crippen LogP contribution in [0.25, 0.3) is 0 Å². The van der Waals surface area contributed by atoms with Gasteiger partial charge < -0.3 is 4.74 Å². The Morgan fingerprint density at radius 3 is 2.28 bits per heavy atom. The van der Waals surface area contributed by atoms with Crippen molar-refractivity contribution in [1.82, 2.24) is 0 Å². The molecule has 0 aromatic heterocycles. The zero-order valence-electron chi connectivity index (χ0n) is 15.8. The number of aryl methyl sites for hydroxylation is 1. The minimum Gasteiger partial charge on any atom is -0.405 e. The van der Waals surface area contributed by atoms with Crippen molar-refractivity contribution in [2.75, 3.05) is 0 Å². The van der Waals surface area contributed by atoms with Crippen molar-refractivity contribution >= 4 is 10.0 Å². The van der Waals surface area contributed by atoms with Crippen LogP contribution in [0.5, 0.6) is 5.75 Å². The van der Waals surface area contributed by atoms with E-state index in [4.69, 9.17) is 5.14 Å². The maximum Gasteiger partial charge on any atom is 0.573 e. The molecule has 4 nitrogen and oxygen atoms in total. The van der Waals surface area contributed by atoms with E-state index in [0.717, 1.165) is 23.8 Å². The lowest BCUT2D eigenvalue weighted by Crippen LogP contribution is -2.18. The van der Waals surface area contributed by atoms with E-state index in [1.165, 1.54) is 12.1 Å². The average molecular weight is 431 g/mol. The maximum atomic E-state index is 13.6. The molecule has 3 rings (SSSR count). The Morgan fingerprint density at radius 2 is 1.72 bits per heavy atom. The Balaban J connectivity index is 1.74. The topological polar surface area (TPSA) is 69.4 Å². The summed E-state index contributed by atoms with van der Waals surface area (Å²) in [6.07, 6.45) is -4.09. The highest BCUT2D eigenvalue weighted by atomic mass is 32.2. The molecule has 0 amide bonds. The Bertz CT molecular complexity index is 1000. The Hall–Kier alpha value is -2.13. The number of hydrogen-bond donors (Lipinski definition) is 1. The average Bonchev–Trinajstić information content (AvgIpc) is 3.14. The summed E-state index contributed by atoms with van der Waals surface area (Å²) >= 11 is 0. The zero-order valence-corrected chi connectivity index (χ0v) is 16.6. The third-order valence-electron chi connectivity index (χ3n) is 5.59. The Labute approximate surface area is 166 Å². The Morgan fingerprint density at radius 1 is 1.10 bits per heavy atom. The van der Waals surface area contributed by atoms with Gasteiger partial charge in [0.15, 0.2) is 0 Å². The molecule has 9 heteroatoms. The monoisotopic (exact) mass is 431 g/mol. The van der Waals surface area contributed by atoms with Crippen molar-refractivity contribution in [1.29, 1.82) is 0 Å². The summed E-state index contributed by atoms with van der Waals surface area (Å²) in [7, 11) is -3.78. The SMILES string of the molecule is CC1(C)[C@@H](CCc2cc(F)ccc2OC(F)(F)F)[C@@H]1c1ccc(S(N)(=O)=O)cc1. The molecule has 0 spiro atoms. The third-order valence-corrected chi connectivity index (χ3v) is 6.52. The van der Waals surface area contributed by atoms with Crippen LogP contribution in [-0.4, -0.2) is 14.8 Å². The number of ether oxygens (including phenoxy) is 1. The van der Waals surface area contributed by atoms with Crippen LogP contribution in [0.15, 0.2) is 47.4 Å². The van der Waals surface area contributed by atoms with Crippen molar-refractivity contribution in [2.24, 2.45) is 16.5 Å². The third kappa shape index (κ3) is 4.90. The number of alkyl halides is 3. The molecule has 1 aliphatic rings. The van der Waals surface area contributed by atoms with Crippen molar-refractivity contribution in [3.8, 4) is 5.75 Å². The van der Waals surface area contributed by atoms with Crippen molar-refractivity contribution in [3.05, 3.63) is 59.4 Å². The number of primary sulfonamides is 1. The van der Waals surface area contributed by atoms with E-state index >= 15 is 0 Å². The summed E-state index contributed by atoms with van der Waals surface area (Å²) in [6.45, 7) is 4.07. The highest BCUT2D eigenvalue weighted by Crippen LogP contribution is 2.66. The normalized spacial score (nSPS) is 21.1. The van der Waals surface area contributed by atoms with Gasteiger partial charge in [0, 0.05) is 0 Å². The smallest absolute Gasteiger partial charge is 0.405 e. The standard InChI is InChI=1S/C20H21F4NO3S/c1-19(2)16(18(19)12-3-7-15(8-4-12)29(25,26)27)9-5-13-11-14(21)6-10-17(13)28-20(22,23)24/h3-4,6-8,10-11,16,18H,5,9H2,1-2H3,(H2,25,26,27)/t16-,18-/m0/s1. The predicted octanol–water partition coefficient (Wildman–Crippen LogP) is 4.74. The molecular formula is C20H21F4NO3S. The summed E-state index contributed by atoms with van der Waals surface area (Å²) in [5, 5.41) is 5.11. The first kappa shape index (κ1) is 21.6. The van der Waals surface area contributed by atoms with Crippen LogP contribution in [0.1, 0.15) is 37.3 Å². The van der Waals surface area contributed by atoms with Crippen LogP contribution in [0, 0.1) is 17.2 Å². The van der Waals surface area contributed by atoms with E-state index in [-0.39, 0.29) is 34.1 Å². The largest absolute Gasteiger partial charge is 0.573 e. The predicted molar refractivity (Wildman–Crippen MR) is 99.2 cm³/mol. The van der Waals surface area contributed by atoms with Crippen LogP contribution in [0.4, 0.5) is 17.6 Å². The zero-order chi connectivity index (χ0) is 21.6. The van der Waals surface area contributed by atoms with Gasteiger partial charge in [0.2, 0.25) is 10.0 Å². The van der Waals surface area contributed by atoms with Crippen molar-refractivity contribution in [2.45, 2.75) is 43.9 Å². The summed E-state index contributed by atoms with van der Waals surface area (Å²) in [6, 6.07) is 9.27. The summed E-state index contributed by atoms with van der Waals surface area (Å²) < 4.78 is 78.1. The van der Waals surface area contributed by atoms with Gasteiger partial charge in [-0.15, -0.1) is 13.2 Å². The number of nitrogens with two attached hydrogens (primary N) is 1. The second-order valence-corrected chi connectivity index (χ2v) is 9.42. The van der Waals surface area contributed by atoms with E-state index in [9.17, 15) is 26.0 Å². The minimum absolute atomic E-state index is 0.0185. The second kappa shape index (κ2) is 7.28. The number of sulfonamides is 1. The van der Waals surface area contributed by atoms with Gasteiger partial charge in [0.1, 0.15) is 11.6 Å². The van der Waals surface area contributed by atoms with E-state index in [2.05, 4.69) is 4.74 Å². The van der Waals surface area contributed by atoms with Crippen molar-refractivity contribution in [3.63, 3.8) is 0 Å². The molecule has 158 valence electrons.